The molecule has 6 nitrogen and oxygen atoms in total. The van der Waals surface area contributed by atoms with Crippen molar-refractivity contribution in [2.45, 2.75) is 11.0 Å². The Morgan fingerprint density at radius 2 is 2.12 bits per heavy atom. The molecule has 17 heavy (non-hydrogen) atoms. The summed E-state index contributed by atoms with van der Waals surface area (Å²) in [4.78, 5) is -0.0246. The van der Waals surface area contributed by atoms with E-state index in [9.17, 15) is 8.42 Å². The highest BCUT2D eigenvalue weighted by Gasteiger charge is 2.36. The number of aliphatic hydroxyl groups excluding tert-OH is 1. The van der Waals surface area contributed by atoms with E-state index in [2.05, 4.69) is 0 Å². The molecule has 1 aliphatic heterocycles. The lowest BCUT2D eigenvalue weighted by Gasteiger charge is -2.34. The van der Waals surface area contributed by atoms with Crippen LogP contribution in [-0.4, -0.2) is 37.0 Å². The van der Waals surface area contributed by atoms with Gasteiger partial charge in [0.1, 0.15) is 4.90 Å². The van der Waals surface area contributed by atoms with Gasteiger partial charge in [-0.1, -0.05) is 0 Å². The molecule has 1 aromatic carbocycles. The van der Waals surface area contributed by atoms with Gasteiger partial charge in [0.15, 0.2) is 0 Å². The molecule has 0 unspecified atom stereocenters. The Balaban J connectivity index is 2.38. The van der Waals surface area contributed by atoms with E-state index in [1.807, 2.05) is 6.07 Å². The van der Waals surface area contributed by atoms with Gasteiger partial charge in [-0.3, -0.25) is 0 Å². The maximum absolute atomic E-state index is 12.0. The fraction of sp³-hybridized carbons (Fsp3) is 0.300. The monoisotopic (exact) mass is 253 g/mol. The van der Waals surface area contributed by atoms with Crippen LogP contribution in [0.15, 0.2) is 23.1 Å². The predicted octanol–water partition coefficient (Wildman–Crippen LogP) is -0.494. The van der Waals surface area contributed by atoms with E-state index < -0.39 is 16.1 Å². The third-order valence-corrected chi connectivity index (χ3v) is 4.49. The van der Waals surface area contributed by atoms with Gasteiger partial charge in [-0.15, -0.1) is 0 Å². The minimum atomic E-state index is -3.65. The second-order valence-corrected chi connectivity index (χ2v) is 5.75. The van der Waals surface area contributed by atoms with Crippen molar-refractivity contribution in [3.63, 3.8) is 0 Å². The molecule has 0 aromatic heterocycles. The standard InChI is InChI=1S/C10H11N3O3S/c11-4-7-1-2-10(9(12)3-7)17(15,16)13-5-8(14)6-13/h1-3,8,14H,5-6,12H2. The van der Waals surface area contributed by atoms with Gasteiger partial charge in [0.25, 0.3) is 0 Å². The highest BCUT2D eigenvalue weighted by Crippen LogP contribution is 2.26. The number of sulfonamides is 1. The van der Waals surface area contributed by atoms with Crippen LogP contribution in [0.1, 0.15) is 5.56 Å². The molecule has 0 radical (unpaired) electrons. The lowest BCUT2D eigenvalue weighted by Crippen LogP contribution is -2.53. The third-order valence-electron chi connectivity index (χ3n) is 2.59. The molecule has 0 amide bonds. The van der Waals surface area contributed by atoms with E-state index in [1.54, 1.807) is 0 Å². The maximum Gasteiger partial charge on any atom is 0.245 e. The molecule has 1 heterocycles. The minimum Gasteiger partial charge on any atom is -0.398 e. The molecule has 2 rings (SSSR count). The van der Waals surface area contributed by atoms with Crippen molar-refractivity contribution in [1.29, 1.82) is 5.26 Å². The Kier molecular flexibility index (Phi) is 2.79. The van der Waals surface area contributed by atoms with Gasteiger partial charge in [-0.05, 0) is 18.2 Å². The second-order valence-electron chi connectivity index (χ2n) is 3.84. The zero-order valence-electron chi connectivity index (χ0n) is 8.87. The number of rotatable bonds is 2. The summed E-state index contributed by atoms with van der Waals surface area (Å²) in [5, 5.41) is 17.8. The minimum absolute atomic E-state index is 0.0246. The number of nitrogen functional groups attached to an aromatic ring is 1. The maximum atomic E-state index is 12.0. The number of β-amino-alcohol motifs (C(OH)–C–C–N with tert-alkyl or cyclic N) is 1. The van der Waals surface area contributed by atoms with Crippen LogP contribution in [-0.2, 0) is 10.0 Å². The summed E-state index contributed by atoms with van der Waals surface area (Å²) in [7, 11) is -3.65. The lowest BCUT2D eigenvalue weighted by molar-refractivity contribution is 0.0548. The number of hydrogen-bond acceptors (Lipinski definition) is 5. The fourth-order valence-corrected chi connectivity index (χ4v) is 3.22. The Hall–Kier alpha value is -1.62. The van der Waals surface area contributed by atoms with E-state index in [1.165, 1.54) is 18.2 Å². The molecule has 0 aliphatic carbocycles. The van der Waals surface area contributed by atoms with Crippen LogP contribution in [0.5, 0.6) is 0 Å². The van der Waals surface area contributed by atoms with Crippen molar-refractivity contribution in [3.05, 3.63) is 23.8 Å². The molecular formula is C10H11N3O3S. The molecule has 1 aromatic rings. The quantitative estimate of drug-likeness (QED) is 0.691. The Morgan fingerprint density at radius 3 is 2.59 bits per heavy atom. The summed E-state index contributed by atoms with van der Waals surface area (Å²) in [6.07, 6.45) is -0.607. The molecule has 0 spiro atoms. The van der Waals surface area contributed by atoms with Crippen LogP contribution in [0.3, 0.4) is 0 Å². The van der Waals surface area contributed by atoms with Crippen LogP contribution in [0.4, 0.5) is 5.69 Å². The van der Waals surface area contributed by atoms with Gasteiger partial charge in [0.2, 0.25) is 10.0 Å². The molecule has 0 saturated carbocycles. The van der Waals surface area contributed by atoms with Gasteiger partial charge in [0, 0.05) is 13.1 Å². The summed E-state index contributed by atoms with van der Waals surface area (Å²) in [5.74, 6) is 0. The number of hydrogen-bond donors (Lipinski definition) is 2. The first-order chi connectivity index (χ1) is 7.95. The predicted molar refractivity (Wildman–Crippen MR) is 60.3 cm³/mol. The molecule has 1 aliphatic rings. The molecule has 1 fully saturated rings. The lowest BCUT2D eigenvalue weighted by atomic mass is 10.2. The van der Waals surface area contributed by atoms with Crippen molar-refractivity contribution in [2.75, 3.05) is 18.8 Å². The molecule has 90 valence electrons. The van der Waals surface area contributed by atoms with Crippen molar-refractivity contribution in [2.24, 2.45) is 0 Å². The average Bonchev–Trinajstić information content (AvgIpc) is 2.24. The molecule has 7 heteroatoms. The molecule has 0 bridgehead atoms. The molecule has 3 N–H and O–H groups in total. The van der Waals surface area contributed by atoms with Crippen molar-refractivity contribution >= 4 is 15.7 Å². The summed E-state index contributed by atoms with van der Waals surface area (Å²) in [6.45, 7) is 0.170. The van der Waals surface area contributed by atoms with Gasteiger partial charge in [0.05, 0.1) is 23.4 Å². The van der Waals surface area contributed by atoms with Gasteiger partial charge in [-0.2, -0.15) is 9.57 Å². The summed E-state index contributed by atoms with van der Waals surface area (Å²) < 4.78 is 25.2. The summed E-state index contributed by atoms with van der Waals surface area (Å²) in [5.41, 5.74) is 5.97. The van der Waals surface area contributed by atoms with Gasteiger partial charge in [-0.25, -0.2) is 8.42 Å². The van der Waals surface area contributed by atoms with Gasteiger partial charge >= 0.3 is 0 Å². The van der Waals surface area contributed by atoms with E-state index >= 15 is 0 Å². The van der Waals surface area contributed by atoms with Gasteiger partial charge < -0.3 is 10.8 Å². The smallest absolute Gasteiger partial charge is 0.245 e. The fourth-order valence-electron chi connectivity index (χ4n) is 1.60. The Bertz CT molecular complexity index is 585. The first kappa shape index (κ1) is 11.9. The summed E-state index contributed by atoms with van der Waals surface area (Å²) >= 11 is 0. The number of nitrogens with zero attached hydrogens (tertiary/aromatic N) is 2. The number of nitriles is 1. The Labute approximate surface area is 98.9 Å². The van der Waals surface area contributed by atoms with Crippen LogP contribution in [0.25, 0.3) is 0 Å². The number of aliphatic hydroxyl groups is 1. The largest absolute Gasteiger partial charge is 0.398 e. The number of nitrogens with two attached hydrogens (primary N) is 1. The Morgan fingerprint density at radius 1 is 1.47 bits per heavy atom. The SMILES string of the molecule is N#Cc1ccc(S(=O)(=O)N2CC(O)C2)c(N)c1. The normalized spacial score (nSPS) is 17.4. The topological polar surface area (TPSA) is 107 Å². The second kappa shape index (κ2) is 4.00. The summed E-state index contributed by atoms with van der Waals surface area (Å²) in [6, 6.07) is 5.92. The number of anilines is 1. The van der Waals surface area contributed by atoms with E-state index in [0.29, 0.717) is 5.56 Å². The molecule has 1 saturated heterocycles. The van der Waals surface area contributed by atoms with Crippen molar-refractivity contribution < 1.29 is 13.5 Å². The average molecular weight is 253 g/mol. The van der Waals surface area contributed by atoms with Crippen molar-refractivity contribution in [1.82, 2.24) is 4.31 Å². The highest BCUT2D eigenvalue weighted by molar-refractivity contribution is 7.89. The van der Waals surface area contributed by atoms with E-state index in [4.69, 9.17) is 16.1 Å². The zero-order chi connectivity index (χ0) is 12.6. The zero-order valence-corrected chi connectivity index (χ0v) is 9.68. The van der Waals surface area contributed by atoms with Crippen LogP contribution < -0.4 is 5.73 Å². The van der Waals surface area contributed by atoms with E-state index in [0.717, 1.165) is 4.31 Å². The first-order valence-electron chi connectivity index (χ1n) is 4.93. The van der Waals surface area contributed by atoms with Crippen molar-refractivity contribution in [3.8, 4) is 6.07 Å². The molecule has 0 atom stereocenters. The highest BCUT2D eigenvalue weighted by atomic mass is 32.2. The van der Waals surface area contributed by atoms with Crippen LogP contribution >= 0.6 is 0 Å². The van der Waals surface area contributed by atoms with Crippen LogP contribution in [0, 0.1) is 11.3 Å². The first-order valence-corrected chi connectivity index (χ1v) is 6.37. The van der Waals surface area contributed by atoms with Crippen LogP contribution in [0.2, 0.25) is 0 Å². The van der Waals surface area contributed by atoms with E-state index in [-0.39, 0.29) is 23.7 Å². The molecular weight excluding hydrogens is 242 g/mol. The third kappa shape index (κ3) is 1.98. The number of benzene rings is 1.